The van der Waals surface area contributed by atoms with Crippen LogP contribution in [0.15, 0.2) is 42.5 Å². The fourth-order valence-corrected chi connectivity index (χ4v) is 2.31. The maximum absolute atomic E-state index is 12.4. The molecule has 0 radical (unpaired) electrons. The molecule has 1 unspecified atom stereocenters. The van der Waals surface area contributed by atoms with Crippen molar-refractivity contribution >= 4 is 11.6 Å². The maximum atomic E-state index is 12.4. The summed E-state index contributed by atoms with van der Waals surface area (Å²) < 4.78 is 0. The highest BCUT2D eigenvalue weighted by atomic mass is 16.2. The topological polar surface area (TPSA) is 20.3 Å². The Kier molecular flexibility index (Phi) is 3.97. The molecule has 1 aromatic carbocycles. The van der Waals surface area contributed by atoms with Crippen molar-refractivity contribution in [3.63, 3.8) is 0 Å². The lowest BCUT2D eigenvalue weighted by atomic mass is 9.93. The van der Waals surface area contributed by atoms with Gasteiger partial charge in [0.25, 0.3) is 0 Å². The van der Waals surface area contributed by atoms with Crippen LogP contribution in [0.3, 0.4) is 0 Å². The molecule has 0 saturated heterocycles. The van der Waals surface area contributed by atoms with Gasteiger partial charge in [-0.15, -0.1) is 0 Å². The number of carbonyl (C=O) groups is 1. The van der Waals surface area contributed by atoms with E-state index in [-0.39, 0.29) is 11.8 Å². The number of anilines is 1. The summed E-state index contributed by atoms with van der Waals surface area (Å²) in [7, 11) is 0. The SMILES string of the molecule is CCN(C(=O)C1CC=CCC1)c1ccccc1. The molecule has 0 N–H and O–H groups in total. The molecule has 1 atom stereocenters. The van der Waals surface area contributed by atoms with E-state index in [0.717, 1.165) is 31.5 Å². The summed E-state index contributed by atoms with van der Waals surface area (Å²) in [6.07, 6.45) is 7.21. The van der Waals surface area contributed by atoms with Crippen LogP contribution in [0.1, 0.15) is 26.2 Å². The second kappa shape index (κ2) is 5.67. The summed E-state index contributed by atoms with van der Waals surface area (Å²) in [6.45, 7) is 2.77. The number of carbonyl (C=O) groups excluding carboxylic acids is 1. The first-order chi connectivity index (χ1) is 8.33. The number of rotatable bonds is 3. The molecule has 0 fully saturated rings. The minimum atomic E-state index is 0.167. The van der Waals surface area contributed by atoms with Gasteiger partial charge in [0.15, 0.2) is 0 Å². The van der Waals surface area contributed by atoms with E-state index in [0.29, 0.717) is 0 Å². The minimum Gasteiger partial charge on any atom is -0.312 e. The summed E-state index contributed by atoms with van der Waals surface area (Å²) in [5, 5.41) is 0. The average molecular weight is 229 g/mol. The fraction of sp³-hybridized carbons (Fsp3) is 0.400. The molecular formula is C15H19NO. The summed E-state index contributed by atoms with van der Waals surface area (Å²) in [6, 6.07) is 9.93. The van der Waals surface area contributed by atoms with Crippen LogP contribution in [0.4, 0.5) is 5.69 Å². The quantitative estimate of drug-likeness (QED) is 0.727. The van der Waals surface area contributed by atoms with E-state index >= 15 is 0 Å². The molecule has 0 aromatic heterocycles. The zero-order valence-corrected chi connectivity index (χ0v) is 10.3. The third-order valence-corrected chi connectivity index (χ3v) is 3.27. The molecule has 0 aliphatic heterocycles. The zero-order valence-electron chi connectivity index (χ0n) is 10.3. The maximum Gasteiger partial charge on any atom is 0.230 e. The lowest BCUT2D eigenvalue weighted by Gasteiger charge is -2.27. The summed E-state index contributed by atoms with van der Waals surface area (Å²) in [5.41, 5.74) is 1.01. The predicted molar refractivity (Wildman–Crippen MR) is 71.0 cm³/mol. The minimum absolute atomic E-state index is 0.167. The van der Waals surface area contributed by atoms with Gasteiger partial charge in [-0.25, -0.2) is 0 Å². The van der Waals surface area contributed by atoms with Gasteiger partial charge in [-0.2, -0.15) is 0 Å². The third kappa shape index (κ3) is 2.76. The van der Waals surface area contributed by atoms with E-state index in [1.54, 1.807) is 0 Å². The largest absolute Gasteiger partial charge is 0.312 e. The number of nitrogens with zero attached hydrogens (tertiary/aromatic N) is 1. The van der Waals surface area contributed by atoms with Crippen molar-refractivity contribution in [1.82, 2.24) is 0 Å². The molecule has 90 valence electrons. The first-order valence-corrected chi connectivity index (χ1v) is 6.34. The molecule has 1 aromatic rings. The molecule has 2 nitrogen and oxygen atoms in total. The van der Waals surface area contributed by atoms with E-state index in [4.69, 9.17) is 0 Å². The van der Waals surface area contributed by atoms with Gasteiger partial charge < -0.3 is 4.90 Å². The summed E-state index contributed by atoms with van der Waals surface area (Å²) in [5.74, 6) is 0.434. The Morgan fingerprint density at radius 3 is 2.65 bits per heavy atom. The molecule has 0 spiro atoms. The molecule has 0 heterocycles. The first kappa shape index (κ1) is 11.9. The molecule has 2 heteroatoms. The molecular weight excluding hydrogens is 210 g/mol. The van der Waals surface area contributed by atoms with Gasteiger partial charge in [0.05, 0.1) is 0 Å². The van der Waals surface area contributed by atoms with Crippen molar-refractivity contribution in [1.29, 1.82) is 0 Å². The third-order valence-electron chi connectivity index (χ3n) is 3.27. The molecule has 0 bridgehead atoms. The van der Waals surface area contributed by atoms with Crippen LogP contribution in [0, 0.1) is 5.92 Å². The molecule has 17 heavy (non-hydrogen) atoms. The van der Waals surface area contributed by atoms with Gasteiger partial charge in [0.2, 0.25) is 5.91 Å². The van der Waals surface area contributed by atoms with Crippen molar-refractivity contribution in [3.8, 4) is 0 Å². The highest BCUT2D eigenvalue weighted by Crippen LogP contribution is 2.23. The highest BCUT2D eigenvalue weighted by molar-refractivity contribution is 5.95. The Balaban J connectivity index is 2.13. The van der Waals surface area contributed by atoms with E-state index < -0.39 is 0 Å². The van der Waals surface area contributed by atoms with Crippen LogP contribution in [0.2, 0.25) is 0 Å². The number of hydrogen-bond donors (Lipinski definition) is 0. The number of benzene rings is 1. The molecule has 2 rings (SSSR count). The standard InChI is InChI=1S/C15H19NO/c1-2-16(14-11-7-4-8-12-14)15(17)13-9-5-3-6-10-13/h3-5,7-8,11-13H,2,6,9-10H2,1H3. The smallest absolute Gasteiger partial charge is 0.230 e. The monoisotopic (exact) mass is 229 g/mol. The number of allylic oxidation sites excluding steroid dienone is 2. The Morgan fingerprint density at radius 1 is 1.29 bits per heavy atom. The Bertz CT molecular complexity index is 397. The Hall–Kier alpha value is -1.57. The first-order valence-electron chi connectivity index (χ1n) is 6.34. The molecule has 1 aliphatic rings. The van der Waals surface area contributed by atoms with E-state index in [1.165, 1.54) is 0 Å². The number of hydrogen-bond acceptors (Lipinski definition) is 1. The molecule has 1 aliphatic carbocycles. The zero-order chi connectivity index (χ0) is 12.1. The van der Waals surface area contributed by atoms with Crippen molar-refractivity contribution < 1.29 is 4.79 Å². The second-order valence-corrected chi connectivity index (χ2v) is 4.40. The van der Waals surface area contributed by atoms with Gasteiger partial charge in [0.1, 0.15) is 0 Å². The van der Waals surface area contributed by atoms with Gasteiger partial charge >= 0.3 is 0 Å². The van der Waals surface area contributed by atoms with Gasteiger partial charge in [-0.3, -0.25) is 4.79 Å². The van der Waals surface area contributed by atoms with Gasteiger partial charge in [-0.05, 0) is 38.3 Å². The van der Waals surface area contributed by atoms with Crippen LogP contribution in [-0.2, 0) is 4.79 Å². The van der Waals surface area contributed by atoms with Crippen LogP contribution < -0.4 is 4.90 Å². The van der Waals surface area contributed by atoms with Crippen molar-refractivity contribution in [2.24, 2.45) is 5.92 Å². The van der Waals surface area contributed by atoms with Crippen LogP contribution >= 0.6 is 0 Å². The van der Waals surface area contributed by atoms with E-state index in [2.05, 4.69) is 12.2 Å². The van der Waals surface area contributed by atoms with Gasteiger partial charge in [-0.1, -0.05) is 30.4 Å². The van der Waals surface area contributed by atoms with Crippen molar-refractivity contribution in [2.75, 3.05) is 11.4 Å². The summed E-state index contributed by atoms with van der Waals surface area (Å²) >= 11 is 0. The highest BCUT2D eigenvalue weighted by Gasteiger charge is 2.24. The normalized spacial score (nSPS) is 19.0. The van der Waals surface area contributed by atoms with Gasteiger partial charge in [0, 0.05) is 18.2 Å². The predicted octanol–water partition coefficient (Wildman–Crippen LogP) is 3.40. The molecule has 0 saturated carbocycles. The fourth-order valence-electron chi connectivity index (χ4n) is 2.31. The van der Waals surface area contributed by atoms with E-state index in [9.17, 15) is 4.79 Å². The van der Waals surface area contributed by atoms with Crippen molar-refractivity contribution in [2.45, 2.75) is 26.2 Å². The van der Waals surface area contributed by atoms with Crippen LogP contribution in [-0.4, -0.2) is 12.5 Å². The molecule has 1 amide bonds. The number of para-hydroxylation sites is 1. The van der Waals surface area contributed by atoms with E-state index in [1.807, 2.05) is 42.2 Å². The van der Waals surface area contributed by atoms with Crippen LogP contribution in [0.25, 0.3) is 0 Å². The number of amides is 1. The Morgan fingerprint density at radius 2 is 2.06 bits per heavy atom. The Labute approximate surface area is 103 Å². The van der Waals surface area contributed by atoms with Crippen LogP contribution in [0.5, 0.6) is 0 Å². The summed E-state index contributed by atoms with van der Waals surface area (Å²) in [4.78, 5) is 14.3. The average Bonchev–Trinajstić information content (AvgIpc) is 2.42. The second-order valence-electron chi connectivity index (χ2n) is 4.40. The van der Waals surface area contributed by atoms with Crippen molar-refractivity contribution in [3.05, 3.63) is 42.5 Å². The lowest BCUT2D eigenvalue weighted by Crippen LogP contribution is -2.36. The lowest BCUT2D eigenvalue weighted by molar-refractivity contribution is -0.122.